The van der Waals surface area contributed by atoms with Crippen molar-refractivity contribution in [3.63, 3.8) is 0 Å². The van der Waals surface area contributed by atoms with E-state index in [-0.39, 0.29) is 57.1 Å². The van der Waals surface area contributed by atoms with E-state index in [0.29, 0.717) is 0 Å². The van der Waals surface area contributed by atoms with Gasteiger partial charge >= 0.3 is 10.4 Å². The second-order valence-electron chi connectivity index (χ2n) is 2.32. The van der Waals surface area contributed by atoms with Gasteiger partial charge < -0.3 is 4.18 Å². The fourth-order valence-electron chi connectivity index (χ4n) is 0.715. The first kappa shape index (κ1) is 13.6. The summed E-state index contributed by atoms with van der Waals surface area (Å²) >= 11 is 0. The molecule has 0 aliphatic heterocycles. The Balaban J connectivity index is 0.00000144. The van der Waals surface area contributed by atoms with Crippen LogP contribution in [0.5, 0.6) is 5.75 Å². The molecule has 1 aromatic rings. The molecule has 0 fully saturated rings. The minimum atomic E-state index is -4.39. The minimum absolute atomic E-state index is 0. The largest absolute Gasteiger partial charge is 0.446 e. The van der Waals surface area contributed by atoms with E-state index in [1.54, 1.807) is 12.1 Å². The van der Waals surface area contributed by atoms with Gasteiger partial charge in [0.1, 0.15) is 5.75 Å². The molecule has 1 N–H and O–H groups in total. The van der Waals surface area contributed by atoms with Crippen molar-refractivity contribution in [2.45, 2.75) is 6.92 Å². The van der Waals surface area contributed by atoms with Crippen molar-refractivity contribution in [1.82, 2.24) is 0 Å². The van der Waals surface area contributed by atoms with Gasteiger partial charge in [0.05, 0.1) is 0 Å². The standard InChI is InChI=1S/C7H8O4S.K/c1-6-2-4-7(5-3-6)11-12(8,9)10;/h2-5H,1H3,(H,8,9,10);. The van der Waals surface area contributed by atoms with E-state index in [1.807, 2.05) is 6.92 Å². The Morgan fingerprint density at radius 2 is 1.69 bits per heavy atom. The van der Waals surface area contributed by atoms with Gasteiger partial charge in [-0.15, -0.1) is 0 Å². The average molecular weight is 227 g/mol. The molecule has 0 atom stereocenters. The molecule has 6 heteroatoms. The van der Waals surface area contributed by atoms with Gasteiger partial charge in [-0.1, -0.05) is 17.7 Å². The normalized spacial score (nSPS) is 10.3. The van der Waals surface area contributed by atoms with Gasteiger partial charge in [-0.3, -0.25) is 4.55 Å². The van der Waals surface area contributed by atoms with Gasteiger partial charge in [0.15, 0.2) is 0 Å². The Kier molecular flexibility index (Phi) is 5.69. The summed E-state index contributed by atoms with van der Waals surface area (Å²) in [5.74, 6) is 0.100. The van der Waals surface area contributed by atoms with Gasteiger partial charge in [0.25, 0.3) is 0 Å². The summed E-state index contributed by atoms with van der Waals surface area (Å²) in [6, 6.07) is 6.28. The van der Waals surface area contributed by atoms with E-state index in [9.17, 15) is 8.42 Å². The zero-order valence-corrected chi connectivity index (χ0v) is 11.3. The van der Waals surface area contributed by atoms with E-state index in [0.717, 1.165) is 5.56 Å². The Labute approximate surface area is 120 Å². The molecule has 0 saturated carbocycles. The third kappa shape index (κ3) is 5.79. The van der Waals surface area contributed by atoms with Crippen LogP contribution in [-0.2, 0) is 10.4 Å². The maximum atomic E-state index is 10.2. The second kappa shape index (κ2) is 5.45. The summed E-state index contributed by atoms with van der Waals surface area (Å²) in [5, 5.41) is 0. The van der Waals surface area contributed by atoms with Crippen LogP contribution in [0.3, 0.4) is 0 Å². The molecule has 1 rings (SSSR count). The smallest absolute Gasteiger partial charge is 0.362 e. The molecule has 0 heterocycles. The summed E-state index contributed by atoms with van der Waals surface area (Å²) in [4.78, 5) is 0. The molecule has 4 nitrogen and oxygen atoms in total. The van der Waals surface area contributed by atoms with Crippen molar-refractivity contribution < 1.29 is 17.2 Å². The maximum absolute atomic E-state index is 10.2. The molecule has 67 valence electrons. The Morgan fingerprint density at radius 3 is 2.08 bits per heavy atom. The summed E-state index contributed by atoms with van der Waals surface area (Å²) in [6.45, 7) is 1.86. The molecule has 13 heavy (non-hydrogen) atoms. The van der Waals surface area contributed by atoms with Gasteiger partial charge in [-0.2, -0.15) is 8.42 Å². The van der Waals surface area contributed by atoms with Gasteiger partial charge in [0.2, 0.25) is 0 Å². The van der Waals surface area contributed by atoms with Gasteiger partial charge in [0, 0.05) is 51.4 Å². The molecule has 1 radical (unpaired) electrons. The SMILES string of the molecule is Cc1ccc(OS(=O)(=O)O)cc1.[K]. The first-order valence-electron chi connectivity index (χ1n) is 3.21. The zero-order valence-electron chi connectivity index (χ0n) is 7.39. The average Bonchev–Trinajstić information content (AvgIpc) is 1.91. The quantitative estimate of drug-likeness (QED) is 0.599. The van der Waals surface area contributed by atoms with Crippen molar-refractivity contribution >= 4 is 61.8 Å². The van der Waals surface area contributed by atoms with E-state index in [1.165, 1.54) is 12.1 Å². The summed E-state index contributed by atoms with van der Waals surface area (Å²) in [6.07, 6.45) is 0. The van der Waals surface area contributed by atoms with Crippen LogP contribution in [-0.4, -0.2) is 64.4 Å². The van der Waals surface area contributed by atoms with E-state index >= 15 is 0 Å². The van der Waals surface area contributed by atoms with Crippen LogP contribution in [0.2, 0.25) is 0 Å². The molecule has 0 saturated heterocycles. The van der Waals surface area contributed by atoms with Gasteiger partial charge in [-0.25, -0.2) is 0 Å². The Bertz CT molecular complexity index is 357. The van der Waals surface area contributed by atoms with Crippen LogP contribution in [0.15, 0.2) is 24.3 Å². The van der Waals surface area contributed by atoms with Crippen molar-refractivity contribution in [2.24, 2.45) is 0 Å². The third-order valence-corrected chi connectivity index (χ3v) is 1.63. The van der Waals surface area contributed by atoms with Crippen LogP contribution in [0.1, 0.15) is 5.56 Å². The maximum Gasteiger partial charge on any atom is 0.446 e. The molecule has 1 aromatic carbocycles. The van der Waals surface area contributed by atoms with Crippen molar-refractivity contribution in [3.05, 3.63) is 29.8 Å². The Morgan fingerprint density at radius 1 is 1.23 bits per heavy atom. The number of rotatable bonds is 2. The molecular formula is C7H8KO4S. The molecule has 0 spiro atoms. The monoisotopic (exact) mass is 227 g/mol. The van der Waals surface area contributed by atoms with Crippen molar-refractivity contribution in [2.75, 3.05) is 0 Å². The van der Waals surface area contributed by atoms with E-state index in [2.05, 4.69) is 4.18 Å². The van der Waals surface area contributed by atoms with Crippen LogP contribution < -0.4 is 4.18 Å². The van der Waals surface area contributed by atoms with Crippen molar-refractivity contribution in [1.29, 1.82) is 0 Å². The fraction of sp³-hybridized carbons (Fsp3) is 0.143. The predicted octanol–water partition coefficient (Wildman–Crippen LogP) is 0.796. The third-order valence-electron chi connectivity index (χ3n) is 1.22. The fourth-order valence-corrected chi connectivity index (χ4v) is 1.07. The molecule has 0 unspecified atom stereocenters. The molecule has 0 aliphatic rings. The summed E-state index contributed by atoms with van der Waals surface area (Å²) in [7, 11) is -4.39. The van der Waals surface area contributed by atoms with Crippen LogP contribution in [0, 0.1) is 6.92 Å². The molecule has 0 aromatic heterocycles. The Hall–Kier alpha value is 0.566. The van der Waals surface area contributed by atoms with E-state index < -0.39 is 10.4 Å². The van der Waals surface area contributed by atoms with Crippen LogP contribution >= 0.6 is 0 Å². The molecular weight excluding hydrogens is 219 g/mol. The second-order valence-corrected chi connectivity index (χ2v) is 3.35. The van der Waals surface area contributed by atoms with Crippen LogP contribution in [0.4, 0.5) is 0 Å². The molecule has 0 amide bonds. The molecule has 0 aliphatic carbocycles. The molecule has 0 bridgehead atoms. The van der Waals surface area contributed by atoms with Crippen LogP contribution in [0.25, 0.3) is 0 Å². The topological polar surface area (TPSA) is 63.6 Å². The van der Waals surface area contributed by atoms with E-state index in [4.69, 9.17) is 4.55 Å². The van der Waals surface area contributed by atoms with Gasteiger partial charge in [-0.05, 0) is 19.1 Å². The first-order valence-corrected chi connectivity index (χ1v) is 4.57. The zero-order chi connectivity index (χ0) is 9.19. The number of aryl methyl sites for hydroxylation is 1. The predicted molar refractivity (Wildman–Crippen MR) is 49.1 cm³/mol. The number of hydrogen-bond donors (Lipinski definition) is 1. The minimum Gasteiger partial charge on any atom is -0.362 e. The number of hydrogen-bond acceptors (Lipinski definition) is 3. The number of benzene rings is 1. The summed E-state index contributed by atoms with van der Waals surface area (Å²) < 4.78 is 32.9. The van der Waals surface area contributed by atoms with Crippen molar-refractivity contribution in [3.8, 4) is 5.75 Å². The first-order chi connectivity index (χ1) is 5.47. The summed E-state index contributed by atoms with van der Waals surface area (Å²) in [5.41, 5.74) is 0.984.